The van der Waals surface area contributed by atoms with E-state index in [9.17, 15) is 22.8 Å². The minimum atomic E-state index is -4.63. The van der Waals surface area contributed by atoms with Crippen LogP contribution in [0.3, 0.4) is 0 Å². The summed E-state index contributed by atoms with van der Waals surface area (Å²) in [6.07, 6.45) is -2.35. The highest BCUT2D eigenvalue weighted by atomic mass is 35.6. The molecule has 0 bridgehead atoms. The second kappa shape index (κ2) is 8.42. The fourth-order valence-corrected chi connectivity index (χ4v) is 3.99. The van der Waals surface area contributed by atoms with Gasteiger partial charge in [0.25, 0.3) is 5.91 Å². The maximum atomic E-state index is 13.2. The summed E-state index contributed by atoms with van der Waals surface area (Å²) in [4.78, 5) is 31.2. The van der Waals surface area contributed by atoms with Crippen LogP contribution in [0.1, 0.15) is 38.2 Å². The Bertz CT molecular complexity index is 911. The van der Waals surface area contributed by atoms with Crippen LogP contribution in [0.4, 0.5) is 23.7 Å². The number of benzene rings is 1. The quantitative estimate of drug-likeness (QED) is 0.462. The van der Waals surface area contributed by atoms with Crippen LogP contribution < -0.4 is 10.2 Å². The Kier molecular flexibility index (Phi) is 6.55. The minimum Gasteiger partial charge on any atom is -0.287 e. The van der Waals surface area contributed by atoms with Gasteiger partial charge in [0.05, 0.1) is 11.3 Å². The molecule has 1 aliphatic heterocycles. The van der Waals surface area contributed by atoms with Crippen LogP contribution in [0.15, 0.2) is 29.3 Å². The Balaban J connectivity index is 2.06. The van der Waals surface area contributed by atoms with E-state index < -0.39 is 45.0 Å². The fraction of sp³-hybridized carbons (Fsp3) is 0.526. The van der Waals surface area contributed by atoms with E-state index in [4.69, 9.17) is 34.8 Å². The van der Waals surface area contributed by atoms with Crippen molar-refractivity contribution in [3.8, 4) is 0 Å². The third-order valence-electron chi connectivity index (χ3n) is 5.37. The lowest BCUT2D eigenvalue weighted by Gasteiger charge is -2.33. The molecule has 1 unspecified atom stereocenters. The van der Waals surface area contributed by atoms with E-state index in [2.05, 4.69) is 10.3 Å². The number of alkyl halides is 6. The summed E-state index contributed by atoms with van der Waals surface area (Å²) in [7, 11) is 1.20. The molecule has 0 radical (unpaired) electrons. The van der Waals surface area contributed by atoms with E-state index in [1.165, 1.54) is 13.1 Å². The predicted octanol–water partition coefficient (Wildman–Crippen LogP) is 5.12. The van der Waals surface area contributed by atoms with Crippen LogP contribution in [0.25, 0.3) is 0 Å². The van der Waals surface area contributed by atoms with Gasteiger partial charge in [-0.1, -0.05) is 53.7 Å². The highest BCUT2D eigenvalue weighted by molar-refractivity contribution is 6.68. The summed E-state index contributed by atoms with van der Waals surface area (Å²) in [5.41, 5.74) is -1.56. The number of imide groups is 1. The van der Waals surface area contributed by atoms with Gasteiger partial charge < -0.3 is 0 Å². The van der Waals surface area contributed by atoms with Crippen molar-refractivity contribution in [3.05, 3.63) is 29.8 Å². The monoisotopic (exact) mass is 498 g/mol. The molecule has 6 nitrogen and oxygen atoms in total. The van der Waals surface area contributed by atoms with Gasteiger partial charge in [-0.3, -0.25) is 15.0 Å². The average Bonchev–Trinajstić information content (AvgIpc) is 3.18. The van der Waals surface area contributed by atoms with Crippen molar-refractivity contribution in [3.63, 3.8) is 0 Å². The number of rotatable bonds is 4. The second-order valence-corrected chi connectivity index (χ2v) is 10.2. The summed E-state index contributed by atoms with van der Waals surface area (Å²) >= 11 is 18.3. The van der Waals surface area contributed by atoms with E-state index in [0.717, 1.165) is 53.7 Å². The first-order chi connectivity index (χ1) is 14.2. The van der Waals surface area contributed by atoms with Gasteiger partial charge in [0.15, 0.2) is 0 Å². The van der Waals surface area contributed by atoms with Crippen LogP contribution >= 0.6 is 34.8 Å². The topological polar surface area (TPSA) is 65.0 Å². The largest absolute Gasteiger partial charge is 0.416 e. The summed E-state index contributed by atoms with van der Waals surface area (Å²) in [6, 6.07) is 3.16. The van der Waals surface area contributed by atoms with Crippen molar-refractivity contribution < 1.29 is 22.8 Å². The Morgan fingerprint density at radius 3 is 2.32 bits per heavy atom. The minimum absolute atomic E-state index is 0.175. The van der Waals surface area contributed by atoms with E-state index in [1.807, 2.05) is 6.92 Å². The first-order valence-corrected chi connectivity index (χ1v) is 10.6. The van der Waals surface area contributed by atoms with Gasteiger partial charge in [0.2, 0.25) is 9.63 Å². The smallest absolute Gasteiger partial charge is 0.287 e. The lowest BCUT2D eigenvalue weighted by molar-refractivity contribution is -0.137. The molecule has 2 fully saturated rings. The van der Waals surface area contributed by atoms with Crippen LogP contribution in [0, 0.1) is 0 Å². The number of carbonyl (C=O) groups is 2. The zero-order valence-electron chi connectivity index (χ0n) is 16.6. The number of aliphatic imine (C=N–C) groups is 1. The van der Waals surface area contributed by atoms with Gasteiger partial charge >= 0.3 is 12.2 Å². The van der Waals surface area contributed by atoms with Crippen LogP contribution in [0.5, 0.6) is 0 Å². The number of nitrogens with one attached hydrogen (secondary N) is 1. The second-order valence-electron chi connectivity index (χ2n) is 7.84. The Morgan fingerprint density at radius 1 is 1.16 bits per heavy atom. The number of urea groups is 1. The molecule has 12 heteroatoms. The van der Waals surface area contributed by atoms with Gasteiger partial charge in [-0.2, -0.15) is 13.2 Å². The number of hydrogen-bond acceptors (Lipinski definition) is 4. The molecule has 1 aliphatic carbocycles. The Labute approximate surface area is 192 Å². The first kappa shape index (κ1) is 24.1. The summed E-state index contributed by atoms with van der Waals surface area (Å²) < 4.78 is 37.5. The molecule has 3 amide bonds. The highest BCUT2D eigenvalue weighted by Crippen LogP contribution is 2.37. The van der Waals surface area contributed by atoms with E-state index >= 15 is 0 Å². The molecule has 170 valence electrons. The fourth-order valence-electron chi connectivity index (χ4n) is 3.68. The zero-order valence-corrected chi connectivity index (χ0v) is 18.9. The van der Waals surface area contributed by atoms with E-state index in [-0.39, 0.29) is 5.69 Å². The number of hydrogen-bond donors (Lipinski definition) is 1. The molecule has 1 aromatic rings. The molecule has 1 saturated heterocycles. The number of likely N-dealkylation sites (N-methyl/N-ethyl adjacent to an activating group) is 1. The van der Waals surface area contributed by atoms with Gasteiger partial charge in [-0.05, 0) is 38.0 Å². The SMILES string of the molecule is CN1C(=O)C(=NC(NC2(C)CCCC2)C(Cl)(Cl)Cl)N(c2cccc(C(F)(F)F)c2)C1=O. The number of amides is 3. The molecular formula is C19H20Cl3F3N4O2. The molecule has 1 N–H and O–H groups in total. The number of carbonyl (C=O) groups excluding carboxylic acids is 2. The van der Waals surface area contributed by atoms with Crippen LogP contribution in [0.2, 0.25) is 0 Å². The average molecular weight is 500 g/mol. The molecule has 31 heavy (non-hydrogen) atoms. The molecule has 2 aliphatic rings. The first-order valence-electron chi connectivity index (χ1n) is 9.45. The standard InChI is InChI=1S/C19H20Cl3F3N4O2/c1-17(8-3-4-9-17)27-15(18(20,21)22)26-13-14(30)28(2)16(31)29(13)12-7-5-6-11(10-12)19(23,24)25/h5-7,10,15,27H,3-4,8-9H2,1-2H3. The number of amidine groups is 1. The van der Waals surface area contributed by atoms with E-state index in [1.54, 1.807) is 0 Å². The van der Waals surface area contributed by atoms with Gasteiger partial charge in [0.1, 0.15) is 6.17 Å². The van der Waals surface area contributed by atoms with Crippen molar-refractivity contribution >= 4 is 58.3 Å². The normalized spacial score (nSPS) is 22.0. The molecule has 0 aromatic heterocycles. The molecule has 1 heterocycles. The maximum Gasteiger partial charge on any atom is 0.416 e. The molecule has 1 atom stereocenters. The number of anilines is 1. The summed E-state index contributed by atoms with van der Waals surface area (Å²) in [5.74, 6) is -1.25. The van der Waals surface area contributed by atoms with Gasteiger partial charge in [0, 0.05) is 12.6 Å². The van der Waals surface area contributed by atoms with Crippen molar-refractivity contribution in [2.45, 2.75) is 54.3 Å². The highest BCUT2D eigenvalue weighted by Gasteiger charge is 2.46. The van der Waals surface area contributed by atoms with Crippen molar-refractivity contribution in [1.29, 1.82) is 0 Å². The molecule has 0 spiro atoms. The predicted molar refractivity (Wildman–Crippen MR) is 114 cm³/mol. The van der Waals surface area contributed by atoms with Gasteiger partial charge in [-0.15, -0.1) is 0 Å². The summed E-state index contributed by atoms with van der Waals surface area (Å²) in [5, 5.41) is 3.15. The summed E-state index contributed by atoms with van der Waals surface area (Å²) in [6.45, 7) is 1.93. The maximum absolute atomic E-state index is 13.2. The van der Waals surface area contributed by atoms with Gasteiger partial charge in [-0.25, -0.2) is 14.7 Å². The van der Waals surface area contributed by atoms with Crippen LogP contribution in [-0.2, 0) is 11.0 Å². The molecule has 1 saturated carbocycles. The Morgan fingerprint density at radius 2 is 1.77 bits per heavy atom. The van der Waals surface area contributed by atoms with Crippen LogP contribution in [-0.4, -0.2) is 45.2 Å². The van der Waals surface area contributed by atoms with Crippen molar-refractivity contribution in [2.24, 2.45) is 4.99 Å². The van der Waals surface area contributed by atoms with Crippen molar-refractivity contribution in [1.82, 2.24) is 10.2 Å². The molecule has 1 aromatic carbocycles. The lowest BCUT2D eigenvalue weighted by atomic mass is 10.0. The zero-order chi connectivity index (χ0) is 23.2. The molecular weight excluding hydrogens is 480 g/mol. The van der Waals surface area contributed by atoms with E-state index in [0.29, 0.717) is 0 Å². The number of nitrogens with zero attached hydrogens (tertiary/aromatic N) is 3. The number of halogens is 6. The Hall–Kier alpha value is -1.55. The lowest BCUT2D eigenvalue weighted by Crippen LogP contribution is -2.52. The van der Waals surface area contributed by atoms with Crippen molar-refractivity contribution in [2.75, 3.05) is 11.9 Å². The third kappa shape index (κ3) is 5.10. The third-order valence-corrected chi connectivity index (χ3v) is 5.99. The molecule has 3 rings (SSSR count).